The third-order valence-corrected chi connectivity index (χ3v) is 7.09. The van der Waals surface area contributed by atoms with Crippen LogP contribution in [0.2, 0.25) is 0 Å². The first kappa shape index (κ1) is 25.5. The van der Waals surface area contributed by atoms with Gasteiger partial charge in [-0.25, -0.2) is 14.1 Å². The number of carbonyl (C=O) groups excluding carboxylic acids is 3. The van der Waals surface area contributed by atoms with E-state index in [0.717, 1.165) is 35.9 Å². The number of nitrogens with zero attached hydrogens (tertiary/aromatic N) is 2. The van der Waals surface area contributed by atoms with Crippen molar-refractivity contribution in [2.75, 3.05) is 6.54 Å². The number of benzene rings is 2. The Balaban J connectivity index is 1.39. The molecule has 38 heavy (non-hydrogen) atoms. The first-order chi connectivity index (χ1) is 18.0. The van der Waals surface area contributed by atoms with E-state index < -0.39 is 54.6 Å². The summed E-state index contributed by atoms with van der Waals surface area (Å²) in [4.78, 5) is 43.6. The molecule has 1 fully saturated rings. The lowest BCUT2D eigenvalue weighted by atomic mass is 9.93. The number of aromatic amines is 1. The zero-order valence-electron chi connectivity index (χ0n) is 20.2. The van der Waals surface area contributed by atoms with Crippen LogP contribution in [-0.4, -0.2) is 51.5 Å². The molecule has 2 atom stereocenters. The van der Waals surface area contributed by atoms with Crippen molar-refractivity contribution in [2.45, 2.75) is 44.1 Å². The molecule has 1 N–H and O–H groups in total. The van der Waals surface area contributed by atoms with E-state index in [1.807, 2.05) is 18.2 Å². The molecule has 0 unspecified atom stereocenters. The summed E-state index contributed by atoms with van der Waals surface area (Å²) in [5.41, 5.74) is 1.68. The number of hydrogen-bond acceptors (Lipinski definition) is 4. The van der Waals surface area contributed by atoms with Gasteiger partial charge in [-0.3, -0.25) is 9.59 Å². The van der Waals surface area contributed by atoms with Gasteiger partial charge >= 0.3 is 12.3 Å². The minimum Gasteiger partial charge on any atom is -0.427 e. The Kier molecular flexibility index (Phi) is 6.24. The third-order valence-electron chi connectivity index (χ3n) is 7.09. The molecule has 3 aromatic rings. The largest absolute Gasteiger partial charge is 0.427 e. The third kappa shape index (κ3) is 4.42. The van der Waals surface area contributed by atoms with Gasteiger partial charge in [-0.15, -0.1) is 0 Å². The van der Waals surface area contributed by atoms with Gasteiger partial charge in [0.05, 0.1) is 0 Å². The lowest BCUT2D eigenvalue weighted by Crippen LogP contribution is -2.51. The van der Waals surface area contributed by atoms with Crippen LogP contribution in [-0.2, 0) is 32.9 Å². The number of hydrogen-bond donors (Lipinski definition) is 1. The van der Waals surface area contributed by atoms with Crippen molar-refractivity contribution in [1.29, 1.82) is 0 Å². The molecule has 11 heteroatoms. The molecule has 7 nitrogen and oxygen atoms in total. The van der Waals surface area contributed by atoms with Crippen LogP contribution in [0.15, 0.2) is 60.8 Å². The number of carbonyl (C=O) groups is 3. The van der Waals surface area contributed by atoms with Crippen molar-refractivity contribution in [3.05, 3.63) is 83.3 Å². The summed E-state index contributed by atoms with van der Waals surface area (Å²) in [6.45, 7) is -0.606. The zero-order chi connectivity index (χ0) is 27.2. The molecule has 5 rings (SSSR count). The first-order valence-electron chi connectivity index (χ1n) is 11.9. The Morgan fingerprint density at radius 3 is 2.55 bits per heavy atom. The van der Waals surface area contributed by atoms with Crippen LogP contribution in [0, 0.1) is 5.82 Å². The fraction of sp³-hybridized carbons (Fsp3) is 0.296. The van der Waals surface area contributed by atoms with Gasteiger partial charge in [-0.05, 0) is 60.4 Å². The summed E-state index contributed by atoms with van der Waals surface area (Å²) in [7, 11) is 0. The van der Waals surface area contributed by atoms with E-state index >= 15 is 0 Å². The first-order valence-corrected chi connectivity index (χ1v) is 11.9. The topological polar surface area (TPSA) is 82.7 Å². The second-order valence-electron chi connectivity index (χ2n) is 9.41. The number of alkyl halides is 3. The van der Waals surface area contributed by atoms with Crippen molar-refractivity contribution in [2.24, 2.45) is 0 Å². The quantitative estimate of drug-likeness (QED) is 0.460. The second kappa shape index (κ2) is 9.30. The summed E-state index contributed by atoms with van der Waals surface area (Å²) >= 11 is 0. The average molecular weight is 529 g/mol. The molecule has 2 heterocycles. The summed E-state index contributed by atoms with van der Waals surface area (Å²) < 4.78 is 59.6. The number of amides is 3. The van der Waals surface area contributed by atoms with Gasteiger partial charge in [0, 0.05) is 30.4 Å². The number of H-pyrrole nitrogens is 1. The number of aromatic nitrogens is 1. The molecule has 0 saturated carbocycles. The normalized spacial score (nSPS) is 19.6. The maximum atomic E-state index is 13.6. The number of halogens is 4. The van der Waals surface area contributed by atoms with E-state index in [1.54, 1.807) is 18.3 Å². The van der Waals surface area contributed by atoms with Crippen LogP contribution in [0.1, 0.15) is 30.0 Å². The van der Waals surface area contributed by atoms with Crippen LogP contribution in [0.4, 0.5) is 22.4 Å². The Labute approximate surface area is 215 Å². The van der Waals surface area contributed by atoms with Gasteiger partial charge in [-0.1, -0.05) is 24.3 Å². The zero-order valence-corrected chi connectivity index (χ0v) is 20.2. The van der Waals surface area contributed by atoms with Crippen LogP contribution in [0.5, 0.6) is 0 Å². The Morgan fingerprint density at radius 2 is 1.89 bits per heavy atom. The smallest absolute Gasteiger partial charge is 0.418 e. The standard InChI is InChI=1S/C27H23F4N3O4/c1-16(27(29,30)31)33(14-17-4-7-20(28)8-5-17)23(35)15-34-24(36)26(38-25(34)37)11-10-18-13-19(6-9-21(18)26)22-3-2-12-32-22/h2-9,12-13,16,32H,10-11,14-15H2,1H3/t16-,26+/m0/s1. The van der Waals surface area contributed by atoms with Gasteiger partial charge in [0.25, 0.3) is 5.91 Å². The number of fused-ring (bicyclic) bond motifs is 2. The van der Waals surface area contributed by atoms with Crippen LogP contribution in [0.3, 0.4) is 0 Å². The molecule has 1 aromatic heterocycles. The molecule has 0 radical (unpaired) electrons. The van der Waals surface area contributed by atoms with E-state index in [4.69, 9.17) is 4.74 Å². The van der Waals surface area contributed by atoms with E-state index in [-0.39, 0.29) is 12.0 Å². The molecule has 198 valence electrons. The highest BCUT2D eigenvalue weighted by Crippen LogP contribution is 2.46. The molecule has 2 aromatic carbocycles. The minimum absolute atomic E-state index is 0.157. The molecule has 0 bridgehead atoms. The molecule has 1 saturated heterocycles. The monoisotopic (exact) mass is 529 g/mol. The minimum atomic E-state index is -4.77. The molecule has 3 amide bonds. The molecule has 2 aliphatic rings. The molecule has 1 aliphatic carbocycles. The van der Waals surface area contributed by atoms with E-state index in [9.17, 15) is 31.9 Å². The molecular formula is C27H23F4N3O4. The van der Waals surface area contributed by atoms with Gasteiger partial charge in [0.15, 0.2) is 0 Å². The fourth-order valence-corrected chi connectivity index (χ4v) is 4.96. The highest BCUT2D eigenvalue weighted by atomic mass is 19.4. The maximum absolute atomic E-state index is 13.6. The molecule has 1 aliphatic heterocycles. The number of nitrogens with one attached hydrogen (secondary N) is 1. The van der Waals surface area contributed by atoms with Crippen LogP contribution < -0.4 is 0 Å². The number of imide groups is 1. The highest BCUT2D eigenvalue weighted by molar-refractivity contribution is 6.06. The maximum Gasteiger partial charge on any atom is 0.418 e. The highest BCUT2D eigenvalue weighted by Gasteiger charge is 2.58. The summed E-state index contributed by atoms with van der Waals surface area (Å²) in [5, 5.41) is 0. The predicted octanol–water partition coefficient (Wildman–Crippen LogP) is 4.92. The van der Waals surface area contributed by atoms with Crippen LogP contribution in [0.25, 0.3) is 11.3 Å². The Hall–Kier alpha value is -4.15. The van der Waals surface area contributed by atoms with Gasteiger partial charge in [0.1, 0.15) is 18.4 Å². The fourth-order valence-electron chi connectivity index (χ4n) is 4.96. The summed E-state index contributed by atoms with van der Waals surface area (Å²) in [6.07, 6.45) is -3.49. The predicted molar refractivity (Wildman–Crippen MR) is 127 cm³/mol. The summed E-state index contributed by atoms with van der Waals surface area (Å²) in [6, 6.07) is 11.5. The van der Waals surface area contributed by atoms with Crippen molar-refractivity contribution in [3.8, 4) is 11.3 Å². The second-order valence-corrected chi connectivity index (χ2v) is 9.41. The van der Waals surface area contributed by atoms with Gasteiger partial charge in [0.2, 0.25) is 11.5 Å². The average Bonchev–Trinajstić information content (AvgIpc) is 3.59. The lowest BCUT2D eigenvalue weighted by molar-refractivity contribution is -0.187. The van der Waals surface area contributed by atoms with E-state index in [1.165, 1.54) is 12.1 Å². The SMILES string of the molecule is C[C@H](N(Cc1ccc(F)cc1)C(=O)CN1C(=O)O[C@@]2(CCc3cc(-c4ccc[nH]4)ccc32)C1=O)C(F)(F)F. The number of rotatable bonds is 6. The molecule has 1 spiro atoms. The van der Waals surface area contributed by atoms with Crippen molar-refractivity contribution in [3.63, 3.8) is 0 Å². The van der Waals surface area contributed by atoms with Gasteiger partial charge in [-0.2, -0.15) is 13.2 Å². The number of ether oxygens (including phenoxy) is 1. The lowest BCUT2D eigenvalue weighted by Gasteiger charge is -2.31. The summed E-state index contributed by atoms with van der Waals surface area (Å²) in [5.74, 6) is -2.46. The van der Waals surface area contributed by atoms with E-state index in [0.29, 0.717) is 21.8 Å². The Bertz CT molecular complexity index is 1390. The Morgan fingerprint density at radius 1 is 1.16 bits per heavy atom. The number of aryl methyl sites for hydroxylation is 1. The van der Waals surface area contributed by atoms with Crippen molar-refractivity contribution in [1.82, 2.24) is 14.8 Å². The molecular weight excluding hydrogens is 506 g/mol. The van der Waals surface area contributed by atoms with Crippen molar-refractivity contribution < 1.29 is 36.7 Å². The van der Waals surface area contributed by atoms with Crippen molar-refractivity contribution >= 4 is 17.9 Å². The van der Waals surface area contributed by atoms with Gasteiger partial charge < -0.3 is 14.6 Å². The van der Waals surface area contributed by atoms with E-state index in [2.05, 4.69) is 4.98 Å². The van der Waals surface area contributed by atoms with Crippen LogP contribution >= 0.6 is 0 Å².